The average Bonchev–Trinajstić information content (AvgIpc) is 2.90. The Bertz CT molecular complexity index is 1030. The van der Waals surface area contributed by atoms with Crippen LogP contribution in [0.2, 0.25) is 5.02 Å². The molecule has 1 heterocycles. The molecule has 1 aromatic heterocycles. The van der Waals surface area contributed by atoms with Gasteiger partial charge in [0.05, 0.1) is 12.8 Å². The van der Waals surface area contributed by atoms with Gasteiger partial charge >= 0.3 is 0 Å². The minimum absolute atomic E-state index is 0.0825. The van der Waals surface area contributed by atoms with Crippen molar-refractivity contribution in [2.75, 3.05) is 11.8 Å². The van der Waals surface area contributed by atoms with Gasteiger partial charge in [-0.1, -0.05) is 11.6 Å². The monoisotopic (exact) mass is 372 g/mol. The minimum atomic E-state index is -4.11. The second kappa shape index (κ2) is 5.95. The Hall–Kier alpha value is -2.32. The van der Waals surface area contributed by atoms with Crippen LogP contribution < -0.4 is 9.46 Å². The summed E-state index contributed by atoms with van der Waals surface area (Å²) in [7, 11) is -2.96. The number of hydrogen-bond donors (Lipinski definition) is 2. The summed E-state index contributed by atoms with van der Waals surface area (Å²) < 4.78 is 59.2. The zero-order valence-electron chi connectivity index (χ0n) is 12.2. The van der Waals surface area contributed by atoms with E-state index in [0.717, 1.165) is 13.2 Å². The molecule has 0 fully saturated rings. The molecule has 0 saturated heterocycles. The second-order valence-electron chi connectivity index (χ2n) is 4.92. The van der Waals surface area contributed by atoms with Gasteiger partial charge in [0.15, 0.2) is 11.6 Å². The molecule has 5 nitrogen and oxygen atoms in total. The molecule has 24 heavy (non-hydrogen) atoms. The third-order valence-electron chi connectivity index (χ3n) is 3.35. The zero-order chi connectivity index (χ0) is 17.5. The maximum atomic E-state index is 13.7. The third kappa shape index (κ3) is 2.90. The molecule has 2 aromatic carbocycles. The van der Waals surface area contributed by atoms with Crippen molar-refractivity contribution in [1.82, 2.24) is 4.98 Å². The molecule has 0 bridgehead atoms. The molecule has 0 spiro atoms. The van der Waals surface area contributed by atoms with Crippen molar-refractivity contribution in [2.45, 2.75) is 4.90 Å². The smallest absolute Gasteiger partial charge is 0.264 e. The molecule has 0 aliphatic heterocycles. The van der Waals surface area contributed by atoms with Crippen LogP contribution in [0.15, 0.2) is 41.4 Å². The van der Waals surface area contributed by atoms with Crippen LogP contribution in [0, 0.1) is 11.6 Å². The topological polar surface area (TPSA) is 71.2 Å². The maximum absolute atomic E-state index is 13.7. The molecule has 0 aliphatic carbocycles. The largest absolute Gasteiger partial charge is 0.492 e. The number of hydrogen-bond acceptors (Lipinski definition) is 3. The lowest BCUT2D eigenvalue weighted by molar-refractivity contribution is 0.386. The van der Waals surface area contributed by atoms with Crippen LogP contribution in [-0.4, -0.2) is 20.5 Å². The van der Waals surface area contributed by atoms with Crippen LogP contribution in [0.4, 0.5) is 14.5 Å². The summed E-state index contributed by atoms with van der Waals surface area (Å²) in [5, 5.41) is 0.831. The molecule has 3 aromatic rings. The van der Waals surface area contributed by atoms with Crippen molar-refractivity contribution in [3.63, 3.8) is 0 Å². The molecule has 0 radical (unpaired) electrons. The highest BCUT2D eigenvalue weighted by Gasteiger charge is 2.22. The highest BCUT2D eigenvalue weighted by molar-refractivity contribution is 7.93. The van der Waals surface area contributed by atoms with Gasteiger partial charge in [0.2, 0.25) is 0 Å². The van der Waals surface area contributed by atoms with Crippen LogP contribution >= 0.6 is 11.6 Å². The lowest BCUT2D eigenvalue weighted by atomic mass is 10.2. The summed E-state index contributed by atoms with van der Waals surface area (Å²) in [5.74, 6) is -2.35. The molecule has 0 amide bonds. The van der Waals surface area contributed by atoms with Gasteiger partial charge in [-0.15, -0.1) is 0 Å². The Morgan fingerprint density at radius 1 is 1.21 bits per heavy atom. The van der Waals surface area contributed by atoms with Crippen LogP contribution in [0.5, 0.6) is 5.75 Å². The summed E-state index contributed by atoms with van der Waals surface area (Å²) in [4.78, 5) is 2.71. The molecule has 0 atom stereocenters. The number of nitrogens with one attached hydrogen (secondary N) is 2. The Balaban J connectivity index is 2.09. The maximum Gasteiger partial charge on any atom is 0.264 e. The first-order chi connectivity index (χ1) is 11.3. The fourth-order valence-corrected chi connectivity index (χ4v) is 3.74. The number of benzene rings is 2. The number of anilines is 1. The number of methoxy groups -OCH3 is 1. The molecule has 0 aliphatic rings. The number of ether oxygens (including phenoxy) is 1. The van der Waals surface area contributed by atoms with Crippen molar-refractivity contribution < 1.29 is 21.9 Å². The first-order valence-electron chi connectivity index (χ1n) is 6.64. The normalized spacial score (nSPS) is 11.7. The van der Waals surface area contributed by atoms with Gasteiger partial charge in [0, 0.05) is 34.3 Å². The van der Waals surface area contributed by atoms with E-state index in [4.69, 9.17) is 16.3 Å². The molecule has 0 unspecified atom stereocenters. The van der Waals surface area contributed by atoms with E-state index in [1.165, 1.54) is 12.3 Å². The standard InChI is InChI=1S/C15H11ClF2N2O3S/c1-23-15-11(18)5-9(17)6-13(15)20-24(21,22)14-7-19-12-4-8(16)2-3-10(12)14/h2-7,19-20H,1H3. The van der Waals surface area contributed by atoms with E-state index in [9.17, 15) is 17.2 Å². The highest BCUT2D eigenvalue weighted by Crippen LogP contribution is 2.32. The van der Waals surface area contributed by atoms with Gasteiger partial charge < -0.3 is 9.72 Å². The van der Waals surface area contributed by atoms with E-state index in [1.54, 1.807) is 12.1 Å². The third-order valence-corrected chi connectivity index (χ3v) is 4.99. The Morgan fingerprint density at radius 3 is 2.67 bits per heavy atom. The second-order valence-corrected chi connectivity index (χ2v) is 7.00. The first-order valence-corrected chi connectivity index (χ1v) is 8.50. The molecule has 2 N–H and O–H groups in total. The summed E-state index contributed by atoms with van der Waals surface area (Å²) in [6, 6.07) is 6.08. The number of sulfonamides is 1. The fourth-order valence-electron chi connectivity index (χ4n) is 2.34. The molecular formula is C15H11ClF2N2O3S. The predicted molar refractivity (Wildman–Crippen MR) is 87.0 cm³/mol. The van der Waals surface area contributed by atoms with Crippen LogP contribution in [-0.2, 0) is 10.0 Å². The van der Waals surface area contributed by atoms with Crippen LogP contribution in [0.3, 0.4) is 0 Å². The quantitative estimate of drug-likeness (QED) is 0.729. The molecule has 9 heteroatoms. The minimum Gasteiger partial charge on any atom is -0.492 e. The molecule has 0 saturated carbocycles. The number of aromatic nitrogens is 1. The van der Waals surface area contributed by atoms with Crippen molar-refractivity contribution >= 4 is 38.2 Å². The van der Waals surface area contributed by atoms with E-state index >= 15 is 0 Å². The van der Waals surface area contributed by atoms with E-state index in [2.05, 4.69) is 9.71 Å². The van der Waals surface area contributed by atoms with Crippen LogP contribution in [0.25, 0.3) is 10.9 Å². The number of rotatable bonds is 4. The first kappa shape index (κ1) is 16.5. The van der Waals surface area contributed by atoms with Crippen molar-refractivity contribution in [3.8, 4) is 5.75 Å². The van der Waals surface area contributed by atoms with Gasteiger partial charge in [0.1, 0.15) is 10.7 Å². The SMILES string of the molecule is COc1c(F)cc(F)cc1NS(=O)(=O)c1c[nH]c2cc(Cl)ccc12. The van der Waals surface area contributed by atoms with E-state index in [-0.39, 0.29) is 10.6 Å². The number of fused-ring (bicyclic) bond motifs is 1. The predicted octanol–water partition coefficient (Wildman–Crippen LogP) is 3.91. The van der Waals surface area contributed by atoms with Gasteiger partial charge in [-0.2, -0.15) is 0 Å². The Kier molecular flexibility index (Phi) is 4.10. The van der Waals surface area contributed by atoms with Crippen molar-refractivity contribution in [1.29, 1.82) is 0 Å². The lowest BCUT2D eigenvalue weighted by Crippen LogP contribution is -2.14. The van der Waals surface area contributed by atoms with E-state index in [0.29, 0.717) is 22.0 Å². The number of H-pyrrole nitrogens is 1. The van der Waals surface area contributed by atoms with Crippen molar-refractivity contribution in [3.05, 3.63) is 53.2 Å². The summed E-state index contributed by atoms with van der Waals surface area (Å²) in [5.41, 5.74) is 0.179. The van der Waals surface area contributed by atoms with E-state index in [1.807, 2.05) is 0 Å². The van der Waals surface area contributed by atoms with Gasteiger partial charge in [-0.3, -0.25) is 4.72 Å². The number of aromatic amines is 1. The molecular weight excluding hydrogens is 362 g/mol. The number of halogens is 3. The summed E-state index contributed by atoms with van der Waals surface area (Å²) >= 11 is 5.86. The van der Waals surface area contributed by atoms with E-state index < -0.39 is 27.4 Å². The lowest BCUT2D eigenvalue weighted by Gasteiger charge is -2.12. The zero-order valence-corrected chi connectivity index (χ0v) is 13.8. The summed E-state index contributed by atoms with van der Waals surface area (Å²) in [6.45, 7) is 0. The van der Waals surface area contributed by atoms with Gasteiger partial charge in [-0.25, -0.2) is 17.2 Å². The highest BCUT2D eigenvalue weighted by atomic mass is 35.5. The molecule has 126 valence electrons. The molecule has 3 rings (SSSR count). The van der Waals surface area contributed by atoms with Gasteiger partial charge in [0.25, 0.3) is 10.0 Å². The van der Waals surface area contributed by atoms with Gasteiger partial charge in [-0.05, 0) is 18.2 Å². The average molecular weight is 373 g/mol. The Labute approximate surface area is 141 Å². The Morgan fingerprint density at radius 2 is 1.96 bits per heavy atom. The fraction of sp³-hybridized carbons (Fsp3) is 0.0667. The summed E-state index contributed by atoms with van der Waals surface area (Å²) in [6.07, 6.45) is 1.27. The van der Waals surface area contributed by atoms with Crippen LogP contribution in [0.1, 0.15) is 0 Å². The van der Waals surface area contributed by atoms with Crippen molar-refractivity contribution in [2.24, 2.45) is 0 Å².